The zero-order valence-electron chi connectivity index (χ0n) is 15.0. The van der Waals surface area contributed by atoms with Crippen molar-refractivity contribution in [3.05, 3.63) is 53.7 Å². The molecule has 2 heteroatoms. The number of aromatic nitrogens is 1. The van der Waals surface area contributed by atoms with E-state index in [0.29, 0.717) is 5.92 Å². The summed E-state index contributed by atoms with van der Waals surface area (Å²) in [6.45, 7) is 9.05. The van der Waals surface area contributed by atoms with Crippen molar-refractivity contribution in [1.82, 2.24) is 4.98 Å². The van der Waals surface area contributed by atoms with E-state index < -0.39 is 0 Å². The molecule has 0 atom stereocenters. The number of benzene rings is 1. The number of anilines is 2. The highest BCUT2D eigenvalue weighted by Gasteiger charge is 2.02. The fourth-order valence-electron chi connectivity index (χ4n) is 2.53. The van der Waals surface area contributed by atoms with Gasteiger partial charge in [-0.2, -0.15) is 0 Å². The third-order valence-electron chi connectivity index (χ3n) is 3.99. The first-order valence-corrected chi connectivity index (χ1v) is 8.85. The van der Waals surface area contributed by atoms with Crippen LogP contribution in [0.1, 0.15) is 51.8 Å². The molecule has 2 aromatic rings. The quantitative estimate of drug-likeness (QED) is 0.646. The summed E-state index contributed by atoms with van der Waals surface area (Å²) in [5, 5.41) is 3.45. The highest BCUT2D eigenvalue weighted by Crippen LogP contribution is 2.19. The van der Waals surface area contributed by atoms with E-state index in [1.165, 1.54) is 24.1 Å². The second kappa shape index (κ2) is 8.71. The second-order valence-electron chi connectivity index (χ2n) is 7.20. The SMILES string of the molecule is CC(C)CCc1cccc(Nc2cccc(CCC(C)C)n2)c1. The lowest BCUT2D eigenvalue weighted by molar-refractivity contribution is 0.581. The Labute approximate surface area is 141 Å². The number of hydrogen-bond acceptors (Lipinski definition) is 2. The Bertz CT molecular complexity index is 549. The molecule has 1 aromatic heterocycles. The fraction of sp³-hybridized carbons (Fsp3) is 0.476. The molecular weight excluding hydrogens is 280 g/mol. The van der Waals surface area contributed by atoms with Gasteiger partial charge in [0.15, 0.2) is 0 Å². The van der Waals surface area contributed by atoms with E-state index in [-0.39, 0.29) is 0 Å². The molecule has 0 aliphatic carbocycles. The number of nitrogens with one attached hydrogen (secondary N) is 1. The Morgan fingerprint density at radius 1 is 0.870 bits per heavy atom. The molecule has 0 saturated carbocycles. The predicted octanol–water partition coefficient (Wildman–Crippen LogP) is 6.00. The highest BCUT2D eigenvalue weighted by molar-refractivity contribution is 5.57. The van der Waals surface area contributed by atoms with E-state index in [9.17, 15) is 0 Å². The van der Waals surface area contributed by atoms with Gasteiger partial charge in [-0.25, -0.2) is 4.98 Å². The lowest BCUT2D eigenvalue weighted by Crippen LogP contribution is -1.99. The summed E-state index contributed by atoms with van der Waals surface area (Å²) < 4.78 is 0. The molecule has 1 N–H and O–H groups in total. The van der Waals surface area contributed by atoms with Crippen molar-refractivity contribution in [3.63, 3.8) is 0 Å². The van der Waals surface area contributed by atoms with Crippen LogP contribution in [0.4, 0.5) is 11.5 Å². The smallest absolute Gasteiger partial charge is 0.130 e. The monoisotopic (exact) mass is 310 g/mol. The minimum atomic E-state index is 0.714. The van der Waals surface area contributed by atoms with Gasteiger partial charge in [0.2, 0.25) is 0 Å². The van der Waals surface area contributed by atoms with Gasteiger partial charge >= 0.3 is 0 Å². The van der Waals surface area contributed by atoms with Gasteiger partial charge in [-0.15, -0.1) is 0 Å². The molecule has 23 heavy (non-hydrogen) atoms. The summed E-state index contributed by atoms with van der Waals surface area (Å²) in [4.78, 5) is 4.73. The summed E-state index contributed by atoms with van der Waals surface area (Å²) in [6.07, 6.45) is 4.59. The third kappa shape index (κ3) is 6.43. The number of pyridine rings is 1. The molecule has 0 radical (unpaired) electrons. The maximum Gasteiger partial charge on any atom is 0.130 e. The summed E-state index contributed by atoms with van der Waals surface area (Å²) in [7, 11) is 0. The van der Waals surface area contributed by atoms with Crippen LogP contribution in [-0.2, 0) is 12.8 Å². The van der Waals surface area contributed by atoms with Crippen molar-refractivity contribution >= 4 is 11.5 Å². The van der Waals surface area contributed by atoms with Crippen molar-refractivity contribution < 1.29 is 0 Å². The molecule has 0 bridgehead atoms. The molecule has 0 aliphatic heterocycles. The van der Waals surface area contributed by atoms with Gasteiger partial charge in [0.05, 0.1) is 0 Å². The summed E-state index contributed by atoms with van der Waals surface area (Å²) in [5.74, 6) is 2.39. The molecule has 0 amide bonds. The van der Waals surface area contributed by atoms with Crippen molar-refractivity contribution in [2.24, 2.45) is 11.8 Å². The van der Waals surface area contributed by atoms with Gasteiger partial charge in [0.1, 0.15) is 5.82 Å². The average Bonchev–Trinajstić information content (AvgIpc) is 2.52. The Morgan fingerprint density at radius 2 is 1.57 bits per heavy atom. The van der Waals surface area contributed by atoms with Gasteiger partial charge in [-0.1, -0.05) is 45.9 Å². The Hall–Kier alpha value is -1.83. The maximum absolute atomic E-state index is 4.73. The average molecular weight is 310 g/mol. The van der Waals surface area contributed by atoms with Crippen LogP contribution in [0.2, 0.25) is 0 Å². The first-order chi connectivity index (χ1) is 11.0. The Morgan fingerprint density at radius 3 is 2.30 bits per heavy atom. The van der Waals surface area contributed by atoms with E-state index in [2.05, 4.69) is 69.4 Å². The third-order valence-corrected chi connectivity index (χ3v) is 3.99. The van der Waals surface area contributed by atoms with Crippen molar-refractivity contribution in [1.29, 1.82) is 0 Å². The molecule has 0 spiro atoms. The Kier molecular flexibility index (Phi) is 6.64. The number of nitrogens with zero attached hydrogens (tertiary/aromatic N) is 1. The molecule has 0 saturated heterocycles. The van der Waals surface area contributed by atoms with Crippen LogP contribution >= 0.6 is 0 Å². The molecule has 1 heterocycles. The summed E-state index contributed by atoms with van der Waals surface area (Å²) in [5.41, 5.74) is 3.68. The van der Waals surface area contributed by atoms with E-state index in [1.54, 1.807) is 0 Å². The second-order valence-corrected chi connectivity index (χ2v) is 7.20. The molecule has 0 fully saturated rings. The van der Waals surface area contributed by atoms with Crippen LogP contribution in [0, 0.1) is 11.8 Å². The van der Waals surface area contributed by atoms with Crippen molar-refractivity contribution in [2.45, 2.75) is 53.4 Å². The summed E-state index contributed by atoms with van der Waals surface area (Å²) >= 11 is 0. The van der Waals surface area contributed by atoms with Crippen LogP contribution < -0.4 is 5.32 Å². The lowest BCUT2D eigenvalue weighted by Gasteiger charge is -2.10. The highest BCUT2D eigenvalue weighted by atomic mass is 15.0. The molecular formula is C21H30N2. The van der Waals surface area contributed by atoms with E-state index in [4.69, 9.17) is 4.98 Å². The van der Waals surface area contributed by atoms with Gasteiger partial charge in [-0.05, 0) is 67.3 Å². The largest absolute Gasteiger partial charge is 0.340 e. The zero-order valence-corrected chi connectivity index (χ0v) is 15.0. The molecule has 124 valence electrons. The molecule has 1 aromatic carbocycles. The minimum Gasteiger partial charge on any atom is -0.340 e. The van der Waals surface area contributed by atoms with Gasteiger partial charge in [0.25, 0.3) is 0 Å². The van der Waals surface area contributed by atoms with Gasteiger partial charge < -0.3 is 5.32 Å². The molecule has 2 rings (SSSR count). The van der Waals surface area contributed by atoms with E-state index >= 15 is 0 Å². The van der Waals surface area contributed by atoms with Crippen molar-refractivity contribution in [3.8, 4) is 0 Å². The van der Waals surface area contributed by atoms with Crippen LogP contribution in [0.25, 0.3) is 0 Å². The molecule has 2 nitrogen and oxygen atoms in total. The molecule has 0 unspecified atom stereocenters. The topological polar surface area (TPSA) is 24.9 Å². The van der Waals surface area contributed by atoms with Crippen molar-refractivity contribution in [2.75, 3.05) is 5.32 Å². The van der Waals surface area contributed by atoms with Crippen LogP contribution in [0.15, 0.2) is 42.5 Å². The standard InChI is InChI=1S/C21H30N2/c1-16(2)11-13-18-7-5-9-20(15-18)23-21-10-6-8-19(22-21)14-12-17(3)4/h5-10,15-17H,11-14H2,1-4H3,(H,22,23). The zero-order chi connectivity index (χ0) is 16.7. The summed E-state index contributed by atoms with van der Waals surface area (Å²) in [6, 6.07) is 14.9. The number of rotatable bonds is 8. The number of hydrogen-bond donors (Lipinski definition) is 1. The molecule has 0 aliphatic rings. The lowest BCUT2D eigenvalue weighted by atomic mass is 10.0. The normalized spacial score (nSPS) is 11.2. The number of aryl methyl sites for hydroxylation is 2. The Balaban J connectivity index is 2.01. The predicted molar refractivity (Wildman–Crippen MR) is 100 cm³/mol. The van der Waals surface area contributed by atoms with Gasteiger partial charge in [-0.3, -0.25) is 0 Å². The first kappa shape index (κ1) is 17.5. The van der Waals surface area contributed by atoms with Crippen LogP contribution in [0.3, 0.4) is 0 Å². The van der Waals surface area contributed by atoms with E-state index in [1.807, 2.05) is 6.07 Å². The fourth-order valence-corrected chi connectivity index (χ4v) is 2.53. The van der Waals surface area contributed by atoms with E-state index in [0.717, 1.165) is 30.3 Å². The van der Waals surface area contributed by atoms with Crippen LogP contribution in [0.5, 0.6) is 0 Å². The van der Waals surface area contributed by atoms with Crippen LogP contribution in [-0.4, -0.2) is 4.98 Å². The first-order valence-electron chi connectivity index (χ1n) is 8.85. The minimum absolute atomic E-state index is 0.714. The maximum atomic E-state index is 4.73. The van der Waals surface area contributed by atoms with Gasteiger partial charge in [0, 0.05) is 11.4 Å².